The molecular weight excluding hydrogens is 1110 g/mol. The van der Waals surface area contributed by atoms with E-state index < -0.39 is 180 Å². The molecule has 0 aromatic heterocycles. The van der Waals surface area contributed by atoms with Crippen LogP contribution in [-0.2, 0) is 84.9 Å². The van der Waals surface area contributed by atoms with Gasteiger partial charge in [0.2, 0.25) is 5.91 Å². The fourth-order valence-corrected chi connectivity index (χ4v) is 17.0. The smallest absolute Gasteiger partial charge is 0.465 e. The zero-order valence-electron chi connectivity index (χ0n) is 47.4. The molecule has 4 unspecified atom stereocenters. The number of fused-ring (bicyclic) bond motifs is 2. The van der Waals surface area contributed by atoms with Crippen LogP contribution in [0.1, 0.15) is 67.7 Å². The number of carbonyl (C=O) groups excluding carboxylic acids is 8. The highest BCUT2D eigenvalue weighted by Gasteiger charge is 2.69. The number of nitrogens with zero attached hydrogens (tertiary/aromatic N) is 5. The molecule has 6 aliphatic heterocycles. The molecule has 27 nitrogen and oxygen atoms in total. The lowest BCUT2D eigenvalue weighted by Crippen LogP contribution is -2.71. The molecule has 2 aromatic rings. The van der Waals surface area contributed by atoms with E-state index in [4.69, 9.17) is 71.2 Å². The number of hydrogen-bond acceptors (Lipinski definition) is 23. The van der Waals surface area contributed by atoms with E-state index >= 15 is 4.79 Å². The van der Waals surface area contributed by atoms with E-state index in [1.165, 1.54) is 0 Å². The summed E-state index contributed by atoms with van der Waals surface area (Å²) in [5.74, 6) is -9.44. The molecule has 0 spiro atoms. The third kappa shape index (κ3) is 11.7. The lowest BCUT2D eigenvalue weighted by Gasteiger charge is -2.51. The van der Waals surface area contributed by atoms with Crippen molar-refractivity contribution in [1.82, 2.24) is 9.80 Å². The number of cyclic esters (lactones) is 4. The maximum atomic E-state index is 15.2. The van der Waals surface area contributed by atoms with Gasteiger partial charge in [-0.15, -0.1) is 0 Å². The first-order valence-electron chi connectivity index (χ1n) is 26.7. The molecule has 0 bridgehead atoms. The monoisotopic (exact) mass is 1180 g/mol. The van der Waals surface area contributed by atoms with Crippen molar-refractivity contribution in [1.29, 1.82) is 0 Å². The lowest BCUT2D eigenvalue weighted by molar-refractivity contribution is -0.351. The highest BCUT2D eigenvalue weighted by atomic mass is 28.4. The maximum absolute atomic E-state index is 15.2. The number of benzene rings is 2. The molecule has 6 heterocycles. The van der Waals surface area contributed by atoms with Gasteiger partial charge in [-0.05, 0) is 45.5 Å². The van der Waals surface area contributed by atoms with Crippen molar-refractivity contribution in [3.05, 3.63) is 71.1 Å². The fraction of sp³-hybridized carbons (Fsp3) is 0.623. The molecule has 8 rings (SSSR count). The number of methoxy groups -OCH3 is 2. The van der Waals surface area contributed by atoms with Gasteiger partial charge in [0.05, 0.1) is 33.7 Å². The van der Waals surface area contributed by atoms with Crippen molar-refractivity contribution in [3.63, 3.8) is 0 Å². The zero-order valence-corrected chi connectivity index (χ0v) is 49.4. The van der Waals surface area contributed by atoms with Gasteiger partial charge in [0.25, 0.3) is 25.8 Å². The molecule has 4 amide bonds. The summed E-state index contributed by atoms with van der Waals surface area (Å²) in [7, 11) is -4.31. The Bertz CT molecular complexity index is 2770. The maximum Gasteiger partial charge on any atom is 0.508 e. The quantitative estimate of drug-likeness (QED) is 0.0364. The van der Waals surface area contributed by atoms with Crippen LogP contribution < -0.4 is 10.4 Å². The average molecular weight is 1180 g/mol. The molecule has 6 saturated heterocycles. The van der Waals surface area contributed by atoms with Gasteiger partial charge in [-0.2, -0.15) is 0 Å². The Morgan fingerprint density at radius 2 is 1.18 bits per heavy atom. The van der Waals surface area contributed by atoms with Crippen molar-refractivity contribution in [2.24, 2.45) is 5.11 Å². The number of hydrogen-bond donors (Lipinski definition) is 0. The lowest BCUT2D eigenvalue weighted by atomic mass is 9.86. The fourth-order valence-electron chi connectivity index (χ4n) is 11.2. The third-order valence-electron chi connectivity index (χ3n) is 15.9. The van der Waals surface area contributed by atoms with Gasteiger partial charge in [0.1, 0.15) is 68.5 Å². The Labute approximate surface area is 474 Å². The molecule has 446 valence electrons. The normalized spacial score (nSPS) is 30.2. The first kappa shape index (κ1) is 61.4. The van der Waals surface area contributed by atoms with Gasteiger partial charge in [-0.1, -0.05) is 107 Å². The molecule has 12 atom stereocenters. The van der Waals surface area contributed by atoms with Gasteiger partial charge in [0, 0.05) is 18.4 Å². The highest BCUT2D eigenvalue weighted by molar-refractivity contribution is 6.99. The summed E-state index contributed by atoms with van der Waals surface area (Å²) in [6.45, 7) is 14.6. The van der Waals surface area contributed by atoms with E-state index in [9.17, 15) is 33.6 Å². The van der Waals surface area contributed by atoms with Gasteiger partial charge >= 0.3 is 36.4 Å². The number of esters is 2. The Morgan fingerprint density at radius 3 is 1.70 bits per heavy atom. The molecule has 0 saturated carbocycles. The van der Waals surface area contributed by atoms with Gasteiger partial charge in [0.15, 0.2) is 20.5 Å². The minimum absolute atomic E-state index is 0.0518. The second kappa shape index (κ2) is 23.9. The Morgan fingerprint density at radius 1 is 0.695 bits per heavy atom. The number of azide groups is 1. The SMILES string of the molecule is COC(=O)[C@@]1(OCCCN=[N+]=[N-])C[C@@H]2OC(=O)N(C(C)=O)[C@H]2[C@H](C2OC(=O)OCC2O[C@]2(C(=O)OC)C[C@@H]3OC(=O)N(C(=O)CO[Si](c4ccccc4)(c4ccccc4)C(C)(C)C)[C@H]3[C@H](C3OC(=O)OCC3O[Si](C)(C)C(C)(C)C)O2)O1. The molecular formula is C53H69N5O22Si2. The highest BCUT2D eigenvalue weighted by Crippen LogP contribution is 2.48. The number of rotatable bonds is 18. The summed E-state index contributed by atoms with van der Waals surface area (Å²) in [6, 6.07) is 15.9. The van der Waals surface area contributed by atoms with Crippen LogP contribution >= 0.6 is 0 Å². The molecule has 6 aliphatic rings. The Hall–Kier alpha value is -6.70. The van der Waals surface area contributed by atoms with E-state index in [-0.39, 0.29) is 19.6 Å². The zero-order chi connectivity index (χ0) is 59.7. The summed E-state index contributed by atoms with van der Waals surface area (Å²) in [4.78, 5) is 116. The third-order valence-corrected chi connectivity index (χ3v) is 25.4. The number of imide groups is 2. The summed E-state index contributed by atoms with van der Waals surface area (Å²) in [5.41, 5.74) is 8.86. The number of ether oxygens (including phenoxy) is 12. The first-order chi connectivity index (χ1) is 38.7. The largest absolute Gasteiger partial charge is 0.508 e. The summed E-state index contributed by atoms with van der Waals surface area (Å²) in [5, 5.41) is 4.07. The van der Waals surface area contributed by atoms with Crippen LogP contribution in [0.2, 0.25) is 23.2 Å². The van der Waals surface area contributed by atoms with E-state index in [0.717, 1.165) is 36.4 Å². The van der Waals surface area contributed by atoms with E-state index in [1.54, 1.807) is 0 Å². The predicted molar refractivity (Wildman–Crippen MR) is 283 cm³/mol. The standard InChI is InChI=1S/C53H69N5O22Si2/c1-30(59)57-38-33(73-46(57)63)25-52(44(61)67-8,71-24-18-23-55-56-54)78-42(38)40-35(27-69-48(65)75-40)77-53(45(62)68-9)26-34-39(43(79-53)41-36(28-70-49(66)76-41)80-81(10,11)50(2,3)4)58(47(64)74-34)37(60)29-72-82(51(5,6)7,31-19-14-12-15-20-31)32-21-16-13-17-22-32/h12-17,19-22,33-36,38-43H,18,23-29H2,1-11H3/t33-,34-,35?,36?,38+,39+,40?,41?,42+,43+,52+,53+/m0/s1. The molecule has 0 aliphatic carbocycles. The van der Waals surface area contributed by atoms with Gasteiger partial charge in [-0.3, -0.25) is 9.59 Å². The summed E-state index contributed by atoms with van der Waals surface area (Å²) in [6.07, 6.45) is -19.3. The predicted octanol–water partition coefficient (Wildman–Crippen LogP) is 4.89. The van der Waals surface area contributed by atoms with Crippen molar-refractivity contribution < 1.29 is 104 Å². The van der Waals surface area contributed by atoms with Crippen molar-refractivity contribution in [2.45, 2.75) is 163 Å². The van der Waals surface area contributed by atoms with Crippen molar-refractivity contribution >= 4 is 75.3 Å². The number of carbonyl (C=O) groups is 8. The van der Waals surface area contributed by atoms with Crippen LogP contribution in [0.25, 0.3) is 10.4 Å². The summed E-state index contributed by atoms with van der Waals surface area (Å²) >= 11 is 0. The van der Waals surface area contributed by atoms with E-state index in [2.05, 4.69) is 10.0 Å². The van der Waals surface area contributed by atoms with E-state index in [0.29, 0.717) is 4.90 Å². The molecule has 29 heteroatoms. The van der Waals surface area contributed by atoms with Crippen LogP contribution in [0.3, 0.4) is 0 Å². The second-order valence-corrected chi connectivity index (χ2v) is 32.1. The Balaban J connectivity index is 1.22. The first-order valence-corrected chi connectivity index (χ1v) is 31.5. The number of amides is 4. The van der Waals surface area contributed by atoms with E-state index in [1.807, 2.05) is 115 Å². The molecule has 82 heavy (non-hydrogen) atoms. The van der Waals surface area contributed by atoms with Crippen LogP contribution in [0.4, 0.5) is 19.2 Å². The summed E-state index contributed by atoms with van der Waals surface area (Å²) < 4.78 is 84.7. The second-order valence-electron chi connectivity index (χ2n) is 23.0. The molecule has 6 fully saturated rings. The average Bonchev–Trinajstić information content (AvgIpc) is 2.03. The van der Waals surface area contributed by atoms with Gasteiger partial charge < -0.3 is 65.7 Å². The van der Waals surface area contributed by atoms with Crippen LogP contribution in [0.15, 0.2) is 65.8 Å². The van der Waals surface area contributed by atoms with Crippen molar-refractivity contribution in [2.75, 3.05) is 47.2 Å². The molecule has 2 aromatic carbocycles. The minimum atomic E-state index is -3.46. The van der Waals surface area contributed by atoms with Gasteiger partial charge in [-0.25, -0.2) is 38.6 Å². The van der Waals surface area contributed by atoms with Crippen molar-refractivity contribution in [3.8, 4) is 0 Å². The van der Waals surface area contributed by atoms with Crippen LogP contribution in [0.5, 0.6) is 0 Å². The molecule has 0 N–H and O–H groups in total. The topological polar surface area (TPSA) is 321 Å². The van der Waals surface area contributed by atoms with Crippen LogP contribution in [0, 0.1) is 0 Å². The Kier molecular flexibility index (Phi) is 17.9. The minimum Gasteiger partial charge on any atom is -0.465 e. The molecule has 0 radical (unpaired) electrons. The van der Waals surface area contributed by atoms with Crippen LogP contribution in [-0.4, -0.2) is 194 Å².